The maximum Gasteiger partial charge on any atom is 0.126 e. The van der Waals surface area contributed by atoms with E-state index >= 15 is 0 Å². The molecule has 2 atom stereocenters. The van der Waals surface area contributed by atoms with Gasteiger partial charge in [-0.25, -0.2) is 0 Å². The highest BCUT2D eigenvalue weighted by atomic mass is 16.5. The zero-order valence-electron chi connectivity index (χ0n) is 11.5. The van der Waals surface area contributed by atoms with E-state index in [1.165, 1.54) is 11.1 Å². The molecule has 3 heteroatoms. The summed E-state index contributed by atoms with van der Waals surface area (Å²) in [6.45, 7) is 6.09. The number of hydrogen-bond donors (Lipinski definition) is 1. The molecule has 1 aliphatic heterocycles. The van der Waals surface area contributed by atoms with Gasteiger partial charge >= 0.3 is 0 Å². The number of hydrogen-bond acceptors (Lipinski definition) is 3. The van der Waals surface area contributed by atoms with E-state index < -0.39 is 0 Å². The molecule has 1 N–H and O–H groups in total. The smallest absolute Gasteiger partial charge is 0.126 e. The van der Waals surface area contributed by atoms with Crippen LogP contribution in [0.4, 0.5) is 0 Å². The van der Waals surface area contributed by atoms with E-state index in [4.69, 9.17) is 4.74 Å². The maximum atomic E-state index is 10.1. The van der Waals surface area contributed by atoms with Gasteiger partial charge in [-0.05, 0) is 57.0 Å². The van der Waals surface area contributed by atoms with Gasteiger partial charge in [-0.1, -0.05) is 6.07 Å². The molecule has 1 saturated heterocycles. The SMILES string of the molecule is Cc1ccc(OC2CCN(C)CCC2O)cc1C. The highest BCUT2D eigenvalue weighted by Crippen LogP contribution is 2.21. The van der Waals surface area contributed by atoms with Crippen molar-refractivity contribution in [1.82, 2.24) is 4.90 Å². The van der Waals surface area contributed by atoms with Crippen LogP contribution >= 0.6 is 0 Å². The minimum absolute atomic E-state index is 0.0861. The first-order chi connectivity index (χ1) is 8.56. The van der Waals surface area contributed by atoms with Crippen LogP contribution in [-0.2, 0) is 0 Å². The summed E-state index contributed by atoms with van der Waals surface area (Å²) in [4.78, 5) is 2.24. The fourth-order valence-electron chi connectivity index (χ4n) is 2.29. The second-order valence-corrected chi connectivity index (χ2v) is 5.35. The first-order valence-corrected chi connectivity index (χ1v) is 6.67. The van der Waals surface area contributed by atoms with E-state index in [0.717, 1.165) is 31.7 Å². The van der Waals surface area contributed by atoms with E-state index in [-0.39, 0.29) is 12.2 Å². The third-order valence-electron chi connectivity index (χ3n) is 3.80. The minimum atomic E-state index is -0.364. The summed E-state index contributed by atoms with van der Waals surface area (Å²) < 4.78 is 5.96. The summed E-state index contributed by atoms with van der Waals surface area (Å²) in [6, 6.07) is 6.11. The largest absolute Gasteiger partial charge is 0.488 e. The predicted octanol–water partition coefficient (Wildman–Crippen LogP) is 2.14. The van der Waals surface area contributed by atoms with Crippen LogP contribution in [0.5, 0.6) is 5.75 Å². The molecule has 1 aliphatic rings. The summed E-state index contributed by atoms with van der Waals surface area (Å²) in [6.07, 6.45) is 1.21. The lowest BCUT2D eigenvalue weighted by Gasteiger charge is -2.22. The van der Waals surface area contributed by atoms with Crippen LogP contribution in [-0.4, -0.2) is 42.4 Å². The molecule has 0 aromatic heterocycles. The standard InChI is InChI=1S/C15H23NO2/c1-11-4-5-13(10-12(11)2)18-15-7-9-16(3)8-6-14(15)17/h4-5,10,14-15,17H,6-9H2,1-3H3. The third-order valence-corrected chi connectivity index (χ3v) is 3.80. The summed E-state index contributed by atoms with van der Waals surface area (Å²) in [5.41, 5.74) is 2.50. The molecule has 1 aromatic carbocycles. The van der Waals surface area contributed by atoms with Crippen molar-refractivity contribution in [2.24, 2.45) is 0 Å². The van der Waals surface area contributed by atoms with E-state index in [1.807, 2.05) is 6.07 Å². The van der Waals surface area contributed by atoms with Gasteiger partial charge in [0, 0.05) is 13.1 Å². The van der Waals surface area contributed by atoms with Crippen LogP contribution in [0.1, 0.15) is 24.0 Å². The number of aliphatic hydroxyl groups is 1. The summed E-state index contributed by atoms with van der Waals surface area (Å²) in [5, 5.41) is 10.1. The van der Waals surface area contributed by atoms with Crippen molar-refractivity contribution >= 4 is 0 Å². The summed E-state index contributed by atoms with van der Waals surface area (Å²) in [7, 11) is 2.09. The van der Waals surface area contributed by atoms with Gasteiger partial charge in [0.05, 0.1) is 6.10 Å². The van der Waals surface area contributed by atoms with Gasteiger partial charge < -0.3 is 14.7 Å². The molecule has 100 valence electrons. The average molecular weight is 249 g/mol. The zero-order valence-corrected chi connectivity index (χ0v) is 11.5. The number of aliphatic hydroxyl groups excluding tert-OH is 1. The quantitative estimate of drug-likeness (QED) is 0.871. The van der Waals surface area contributed by atoms with Crippen molar-refractivity contribution in [3.8, 4) is 5.75 Å². The molecule has 1 fully saturated rings. The molecule has 3 nitrogen and oxygen atoms in total. The molecule has 0 aliphatic carbocycles. The first kappa shape index (κ1) is 13.4. The second-order valence-electron chi connectivity index (χ2n) is 5.35. The fourth-order valence-corrected chi connectivity index (χ4v) is 2.29. The number of benzene rings is 1. The Hall–Kier alpha value is -1.06. The van der Waals surface area contributed by atoms with E-state index in [0.29, 0.717) is 0 Å². The predicted molar refractivity (Wildman–Crippen MR) is 73.1 cm³/mol. The molecule has 0 radical (unpaired) electrons. The average Bonchev–Trinajstić information content (AvgIpc) is 2.49. The molecule has 0 bridgehead atoms. The van der Waals surface area contributed by atoms with Gasteiger partial charge in [-0.15, -0.1) is 0 Å². The lowest BCUT2D eigenvalue weighted by Crippen LogP contribution is -2.31. The first-order valence-electron chi connectivity index (χ1n) is 6.67. The highest BCUT2D eigenvalue weighted by Gasteiger charge is 2.25. The van der Waals surface area contributed by atoms with E-state index in [1.54, 1.807) is 0 Å². The van der Waals surface area contributed by atoms with Crippen LogP contribution in [0.15, 0.2) is 18.2 Å². The van der Waals surface area contributed by atoms with Crippen molar-refractivity contribution in [2.45, 2.75) is 38.9 Å². The topological polar surface area (TPSA) is 32.7 Å². The highest BCUT2D eigenvalue weighted by molar-refractivity contribution is 5.34. The Morgan fingerprint density at radius 3 is 2.61 bits per heavy atom. The number of aryl methyl sites for hydroxylation is 2. The number of nitrogens with zero attached hydrogens (tertiary/aromatic N) is 1. The fraction of sp³-hybridized carbons (Fsp3) is 0.600. The second kappa shape index (κ2) is 5.72. The van der Waals surface area contributed by atoms with E-state index in [2.05, 4.69) is 37.9 Å². The Morgan fingerprint density at radius 2 is 1.89 bits per heavy atom. The number of ether oxygens (including phenoxy) is 1. The molecule has 2 rings (SSSR count). The number of rotatable bonds is 2. The Morgan fingerprint density at radius 1 is 1.17 bits per heavy atom. The molecule has 1 aromatic rings. The lowest BCUT2D eigenvalue weighted by molar-refractivity contribution is 0.0349. The van der Waals surface area contributed by atoms with Crippen LogP contribution in [0.25, 0.3) is 0 Å². The Labute approximate surface area is 109 Å². The van der Waals surface area contributed by atoms with Crippen molar-refractivity contribution in [1.29, 1.82) is 0 Å². The Balaban J connectivity index is 2.05. The van der Waals surface area contributed by atoms with Crippen LogP contribution in [0, 0.1) is 13.8 Å². The Bertz CT molecular complexity index is 405. The molecular weight excluding hydrogens is 226 g/mol. The van der Waals surface area contributed by atoms with Gasteiger partial charge in [0.15, 0.2) is 0 Å². The molecule has 18 heavy (non-hydrogen) atoms. The molecule has 0 amide bonds. The minimum Gasteiger partial charge on any atom is -0.488 e. The van der Waals surface area contributed by atoms with E-state index in [9.17, 15) is 5.11 Å². The molecule has 0 spiro atoms. The normalized spacial score (nSPS) is 25.8. The lowest BCUT2D eigenvalue weighted by atomic mass is 10.1. The van der Waals surface area contributed by atoms with Crippen molar-refractivity contribution in [3.05, 3.63) is 29.3 Å². The zero-order chi connectivity index (χ0) is 13.1. The molecule has 0 saturated carbocycles. The summed E-state index contributed by atoms with van der Waals surface area (Å²) in [5.74, 6) is 0.867. The third kappa shape index (κ3) is 3.24. The van der Waals surface area contributed by atoms with Crippen LogP contribution < -0.4 is 4.74 Å². The number of likely N-dealkylation sites (tertiary alicyclic amines) is 1. The van der Waals surface area contributed by atoms with Gasteiger partial charge in [0.2, 0.25) is 0 Å². The van der Waals surface area contributed by atoms with Crippen molar-refractivity contribution in [2.75, 3.05) is 20.1 Å². The molecule has 1 heterocycles. The van der Waals surface area contributed by atoms with Gasteiger partial charge in [0.25, 0.3) is 0 Å². The Kier molecular flexibility index (Phi) is 4.25. The van der Waals surface area contributed by atoms with Gasteiger partial charge in [-0.3, -0.25) is 0 Å². The maximum absolute atomic E-state index is 10.1. The summed E-state index contributed by atoms with van der Waals surface area (Å²) >= 11 is 0. The van der Waals surface area contributed by atoms with Crippen LogP contribution in [0.3, 0.4) is 0 Å². The molecular formula is C15H23NO2. The van der Waals surface area contributed by atoms with Crippen LogP contribution in [0.2, 0.25) is 0 Å². The van der Waals surface area contributed by atoms with Gasteiger partial charge in [-0.2, -0.15) is 0 Å². The molecule has 2 unspecified atom stereocenters. The van der Waals surface area contributed by atoms with Gasteiger partial charge in [0.1, 0.15) is 11.9 Å². The monoisotopic (exact) mass is 249 g/mol. The van der Waals surface area contributed by atoms with Crippen molar-refractivity contribution in [3.63, 3.8) is 0 Å². The van der Waals surface area contributed by atoms with Crippen molar-refractivity contribution < 1.29 is 9.84 Å².